The van der Waals surface area contributed by atoms with Crippen LogP contribution in [-0.2, 0) is 11.3 Å². The highest BCUT2D eigenvalue weighted by molar-refractivity contribution is 6.31. The van der Waals surface area contributed by atoms with Crippen LogP contribution in [0.4, 0.5) is 0 Å². The van der Waals surface area contributed by atoms with Crippen LogP contribution >= 0.6 is 11.6 Å². The molecule has 2 amide bonds. The normalized spacial score (nSPS) is 10.3. The van der Waals surface area contributed by atoms with Gasteiger partial charge in [-0.05, 0) is 42.8 Å². The third kappa shape index (κ3) is 5.29. The molecule has 8 heteroatoms. The molecule has 0 heterocycles. The fourth-order valence-electron chi connectivity index (χ4n) is 2.63. The number of rotatable bonds is 9. The minimum absolute atomic E-state index is 0.128. The van der Waals surface area contributed by atoms with Gasteiger partial charge in [-0.2, -0.15) is 0 Å². The highest BCUT2D eigenvalue weighted by atomic mass is 35.5. The van der Waals surface area contributed by atoms with Gasteiger partial charge in [0.15, 0.2) is 18.1 Å². The molecule has 0 unspecified atom stereocenters. The van der Waals surface area contributed by atoms with Crippen LogP contribution in [0.1, 0.15) is 22.8 Å². The van der Waals surface area contributed by atoms with Gasteiger partial charge >= 0.3 is 0 Å². The van der Waals surface area contributed by atoms with E-state index >= 15 is 0 Å². The average Bonchev–Trinajstić information content (AvgIpc) is 2.70. The van der Waals surface area contributed by atoms with Crippen LogP contribution in [0.25, 0.3) is 0 Å². The van der Waals surface area contributed by atoms with Crippen LogP contribution in [0, 0.1) is 0 Å². The molecule has 150 valence electrons. The summed E-state index contributed by atoms with van der Waals surface area (Å²) in [7, 11) is 3.12. The first-order valence-electron chi connectivity index (χ1n) is 8.60. The van der Waals surface area contributed by atoms with Crippen LogP contribution in [0.15, 0.2) is 36.4 Å². The van der Waals surface area contributed by atoms with Gasteiger partial charge in [-0.25, -0.2) is 0 Å². The van der Waals surface area contributed by atoms with Crippen molar-refractivity contribution in [2.24, 2.45) is 5.73 Å². The number of hydrogen-bond acceptors (Lipinski definition) is 5. The predicted octanol–water partition coefficient (Wildman–Crippen LogP) is 2.88. The first-order chi connectivity index (χ1) is 13.4. The van der Waals surface area contributed by atoms with E-state index in [9.17, 15) is 9.59 Å². The second kappa shape index (κ2) is 9.85. The number of benzene rings is 2. The average molecular weight is 407 g/mol. The quantitative estimate of drug-likeness (QED) is 0.691. The summed E-state index contributed by atoms with van der Waals surface area (Å²) in [4.78, 5) is 25.7. The van der Waals surface area contributed by atoms with E-state index in [1.165, 1.54) is 12.1 Å². The van der Waals surface area contributed by atoms with Gasteiger partial charge in [0.05, 0.1) is 19.8 Å². The molecule has 0 radical (unpaired) electrons. The van der Waals surface area contributed by atoms with E-state index in [-0.39, 0.29) is 23.8 Å². The summed E-state index contributed by atoms with van der Waals surface area (Å²) in [6.45, 7) is 2.50. The van der Waals surface area contributed by atoms with Crippen molar-refractivity contribution in [3.8, 4) is 17.2 Å². The molecule has 2 aromatic carbocycles. The van der Waals surface area contributed by atoms with Crippen molar-refractivity contribution >= 4 is 23.4 Å². The van der Waals surface area contributed by atoms with Gasteiger partial charge in [0.25, 0.3) is 11.8 Å². The number of amides is 2. The minimum atomic E-state index is -0.678. The van der Waals surface area contributed by atoms with Crippen molar-refractivity contribution in [2.45, 2.75) is 13.5 Å². The maximum absolute atomic E-state index is 12.6. The van der Waals surface area contributed by atoms with Crippen molar-refractivity contribution in [1.82, 2.24) is 4.90 Å². The van der Waals surface area contributed by atoms with Crippen LogP contribution in [0.3, 0.4) is 0 Å². The fraction of sp³-hybridized carbons (Fsp3) is 0.300. The first kappa shape index (κ1) is 21.4. The highest BCUT2D eigenvalue weighted by Gasteiger charge is 2.17. The summed E-state index contributed by atoms with van der Waals surface area (Å²) in [6.07, 6.45) is 0. The number of halogens is 1. The predicted molar refractivity (Wildman–Crippen MR) is 106 cm³/mol. The second-order valence-electron chi connectivity index (χ2n) is 5.89. The Kier molecular flexibility index (Phi) is 7.52. The molecule has 28 heavy (non-hydrogen) atoms. The number of carbonyl (C=O) groups excluding carboxylic acids is 2. The van der Waals surface area contributed by atoms with E-state index in [4.69, 9.17) is 31.5 Å². The number of nitrogens with zero attached hydrogens (tertiary/aromatic N) is 1. The van der Waals surface area contributed by atoms with Crippen molar-refractivity contribution in [2.75, 3.05) is 27.4 Å². The molecule has 0 fully saturated rings. The Morgan fingerprint density at radius 2 is 1.71 bits per heavy atom. The van der Waals surface area contributed by atoms with Crippen molar-refractivity contribution in [1.29, 1.82) is 0 Å². The first-order valence-corrected chi connectivity index (χ1v) is 8.98. The zero-order valence-corrected chi connectivity index (χ0v) is 16.8. The third-order valence-electron chi connectivity index (χ3n) is 4.11. The van der Waals surface area contributed by atoms with E-state index in [0.717, 1.165) is 5.56 Å². The molecule has 0 aromatic heterocycles. The van der Waals surface area contributed by atoms with Crippen LogP contribution in [0.5, 0.6) is 17.2 Å². The van der Waals surface area contributed by atoms with E-state index in [0.29, 0.717) is 29.6 Å². The number of hydrogen-bond donors (Lipinski definition) is 1. The molecule has 0 bridgehead atoms. The Labute approximate surface area is 168 Å². The zero-order chi connectivity index (χ0) is 20.7. The van der Waals surface area contributed by atoms with Crippen molar-refractivity contribution in [3.63, 3.8) is 0 Å². The van der Waals surface area contributed by atoms with E-state index < -0.39 is 5.91 Å². The monoisotopic (exact) mass is 406 g/mol. The largest absolute Gasteiger partial charge is 0.493 e. The molecule has 0 aliphatic carbocycles. The number of primary amides is 1. The lowest BCUT2D eigenvalue weighted by atomic mass is 10.2. The molecule has 0 aliphatic heterocycles. The van der Waals surface area contributed by atoms with Gasteiger partial charge in [0.2, 0.25) is 0 Å². The van der Waals surface area contributed by atoms with Gasteiger partial charge in [-0.1, -0.05) is 17.7 Å². The minimum Gasteiger partial charge on any atom is -0.493 e. The maximum Gasteiger partial charge on any atom is 0.260 e. The fourth-order valence-corrected chi connectivity index (χ4v) is 2.80. The zero-order valence-electron chi connectivity index (χ0n) is 16.0. The summed E-state index contributed by atoms with van der Waals surface area (Å²) < 4.78 is 16.0. The lowest BCUT2D eigenvalue weighted by Gasteiger charge is -2.22. The third-order valence-corrected chi connectivity index (χ3v) is 4.35. The Hall–Kier alpha value is -2.93. The molecule has 0 saturated heterocycles. The number of nitrogens with two attached hydrogens (primary N) is 1. The van der Waals surface area contributed by atoms with Gasteiger partial charge in [0, 0.05) is 18.1 Å². The van der Waals surface area contributed by atoms with E-state index in [1.807, 2.05) is 19.1 Å². The van der Waals surface area contributed by atoms with Gasteiger partial charge in [-0.15, -0.1) is 0 Å². The Balaban J connectivity index is 2.07. The second-order valence-corrected chi connectivity index (χ2v) is 6.33. The highest BCUT2D eigenvalue weighted by Crippen LogP contribution is 2.28. The topological polar surface area (TPSA) is 91.1 Å². The van der Waals surface area contributed by atoms with Crippen LogP contribution in [-0.4, -0.2) is 44.1 Å². The molecule has 0 aliphatic rings. The molecule has 0 atom stereocenters. The summed E-state index contributed by atoms with van der Waals surface area (Å²) >= 11 is 5.88. The summed E-state index contributed by atoms with van der Waals surface area (Å²) in [5.74, 6) is 0.510. The molecule has 2 rings (SSSR count). The van der Waals surface area contributed by atoms with Crippen molar-refractivity contribution < 1.29 is 23.8 Å². The molecular formula is C20H23ClN2O5. The van der Waals surface area contributed by atoms with Crippen LogP contribution < -0.4 is 19.9 Å². The molecular weight excluding hydrogens is 384 g/mol. The summed E-state index contributed by atoms with van der Waals surface area (Å²) in [6, 6.07) is 9.96. The van der Waals surface area contributed by atoms with E-state index in [1.54, 1.807) is 31.3 Å². The molecule has 7 nitrogen and oxygen atoms in total. The van der Waals surface area contributed by atoms with Gasteiger partial charge < -0.3 is 24.8 Å². The van der Waals surface area contributed by atoms with E-state index in [2.05, 4.69) is 0 Å². The number of carbonyl (C=O) groups is 2. The Morgan fingerprint density at radius 1 is 1.04 bits per heavy atom. The SMILES string of the molecule is CCN(Cc1ccc(OC)c(OC)c1)C(=O)COc1ccc(Cl)cc1C(N)=O. The lowest BCUT2D eigenvalue weighted by Crippen LogP contribution is -2.34. The standard InChI is InChI=1S/C20H23ClN2O5/c1-4-23(11-13-5-7-17(26-2)18(9-13)27-3)19(24)12-28-16-8-6-14(21)10-15(16)20(22)25/h5-10H,4,11-12H2,1-3H3,(H2,22,25). The summed E-state index contributed by atoms with van der Waals surface area (Å²) in [5.41, 5.74) is 6.35. The molecule has 2 N–H and O–H groups in total. The van der Waals surface area contributed by atoms with Gasteiger partial charge in [-0.3, -0.25) is 9.59 Å². The molecule has 0 saturated carbocycles. The Bertz CT molecular complexity index is 856. The van der Waals surface area contributed by atoms with Crippen molar-refractivity contribution in [3.05, 3.63) is 52.5 Å². The molecule has 2 aromatic rings. The smallest absolute Gasteiger partial charge is 0.260 e. The Morgan fingerprint density at radius 3 is 2.32 bits per heavy atom. The number of likely N-dealkylation sites (N-methyl/N-ethyl adjacent to an activating group) is 1. The molecule has 0 spiro atoms. The van der Waals surface area contributed by atoms with Gasteiger partial charge in [0.1, 0.15) is 5.75 Å². The van der Waals surface area contributed by atoms with Crippen LogP contribution in [0.2, 0.25) is 5.02 Å². The number of ether oxygens (including phenoxy) is 3. The number of methoxy groups -OCH3 is 2. The maximum atomic E-state index is 12.6. The lowest BCUT2D eigenvalue weighted by molar-refractivity contribution is -0.133. The summed E-state index contributed by atoms with van der Waals surface area (Å²) in [5, 5.41) is 0.358.